The molecule has 2 heterocycles. The molecule has 4 heteroatoms. The predicted molar refractivity (Wildman–Crippen MR) is 59.3 cm³/mol. The van der Waals surface area contributed by atoms with Crippen LogP contribution in [0.25, 0.3) is 0 Å². The van der Waals surface area contributed by atoms with Gasteiger partial charge in [-0.2, -0.15) is 0 Å². The second-order valence-electron chi connectivity index (χ2n) is 3.81. The van der Waals surface area contributed by atoms with Crippen LogP contribution in [0.2, 0.25) is 0 Å². The van der Waals surface area contributed by atoms with Gasteiger partial charge in [-0.3, -0.25) is 4.98 Å². The summed E-state index contributed by atoms with van der Waals surface area (Å²) in [5, 5.41) is 3.32. The van der Waals surface area contributed by atoms with Crippen LogP contribution < -0.4 is 11.1 Å². The number of aromatic nitrogens is 1. The predicted octanol–water partition coefficient (Wildman–Crippen LogP) is 0.932. The van der Waals surface area contributed by atoms with Crippen LogP contribution in [0.4, 0.5) is 5.69 Å². The molecule has 0 radical (unpaired) electrons. The lowest BCUT2D eigenvalue weighted by Gasteiger charge is -2.10. The van der Waals surface area contributed by atoms with Gasteiger partial charge < -0.3 is 15.8 Å². The quantitative estimate of drug-likeness (QED) is 0.771. The van der Waals surface area contributed by atoms with Crippen molar-refractivity contribution in [3.63, 3.8) is 0 Å². The van der Waals surface area contributed by atoms with Gasteiger partial charge in [-0.05, 0) is 25.0 Å². The van der Waals surface area contributed by atoms with Crippen molar-refractivity contribution in [1.29, 1.82) is 0 Å². The van der Waals surface area contributed by atoms with E-state index in [0.29, 0.717) is 12.6 Å². The second kappa shape index (κ2) is 5.09. The third kappa shape index (κ3) is 2.91. The first-order chi connectivity index (χ1) is 7.36. The molecule has 0 bridgehead atoms. The van der Waals surface area contributed by atoms with Crippen molar-refractivity contribution in [2.45, 2.75) is 25.5 Å². The highest BCUT2D eigenvalue weighted by molar-refractivity contribution is 5.41. The number of nitrogens with one attached hydrogen (secondary N) is 1. The molecule has 0 spiro atoms. The number of nitrogens with zero attached hydrogens (tertiary/aromatic N) is 1. The van der Waals surface area contributed by atoms with E-state index in [2.05, 4.69) is 10.3 Å². The lowest BCUT2D eigenvalue weighted by Crippen LogP contribution is -2.26. The Labute approximate surface area is 89.8 Å². The zero-order valence-corrected chi connectivity index (χ0v) is 8.78. The number of hydrogen-bond acceptors (Lipinski definition) is 4. The van der Waals surface area contributed by atoms with Gasteiger partial charge in [0, 0.05) is 25.9 Å². The molecule has 82 valence electrons. The zero-order chi connectivity index (χ0) is 10.5. The SMILES string of the molecule is Nc1cccnc1CNCC1CCCO1. The standard InChI is InChI=1S/C11H17N3O/c12-10-4-1-5-14-11(10)8-13-7-9-3-2-6-15-9/h1,4-5,9,13H,2-3,6-8,12H2. The first-order valence-electron chi connectivity index (χ1n) is 5.38. The molecule has 3 N–H and O–H groups in total. The van der Waals surface area contributed by atoms with Crippen LogP contribution in [0, 0.1) is 0 Å². The van der Waals surface area contributed by atoms with E-state index in [0.717, 1.165) is 31.0 Å². The van der Waals surface area contributed by atoms with Crippen LogP contribution in [-0.2, 0) is 11.3 Å². The summed E-state index contributed by atoms with van der Waals surface area (Å²) in [6, 6.07) is 3.72. The molecule has 1 aromatic heterocycles. The van der Waals surface area contributed by atoms with E-state index in [1.54, 1.807) is 6.20 Å². The Morgan fingerprint density at radius 2 is 2.53 bits per heavy atom. The molecule has 1 atom stereocenters. The first-order valence-corrected chi connectivity index (χ1v) is 5.38. The van der Waals surface area contributed by atoms with Gasteiger partial charge in [0.25, 0.3) is 0 Å². The van der Waals surface area contributed by atoms with Gasteiger partial charge >= 0.3 is 0 Å². The molecular weight excluding hydrogens is 190 g/mol. The summed E-state index contributed by atoms with van der Waals surface area (Å²) in [6.07, 6.45) is 4.47. The third-order valence-corrected chi connectivity index (χ3v) is 2.61. The minimum atomic E-state index is 0.370. The third-order valence-electron chi connectivity index (χ3n) is 2.61. The van der Waals surface area contributed by atoms with Crippen molar-refractivity contribution in [2.75, 3.05) is 18.9 Å². The number of nitrogen functional groups attached to an aromatic ring is 1. The maximum absolute atomic E-state index is 5.78. The number of hydrogen-bond donors (Lipinski definition) is 2. The van der Waals surface area contributed by atoms with E-state index in [4.69, 9.17) is 10.5 Å². The lowest BCUT2D eigenvalue weighted by molar-refractivity contribution is 0.110. The summed E-state index contributed by atoms with van der Waals surface area (Å²) in [4.78, 5) is 4.21. The molecule has 1 unspecified atom stereocenters. The van der Waals surface area contributed by atoms with Crippen molar-refractivity contribution in [3.8, 4) is 0 Å². The van der Waals surface area contributed by atoms with Crippen LogP contribution >= 0.6 is 0 Å². The molecule has 15 heavy (non-hydrogen) atoms. The summed E-state index contributed by atoms with van der Waals surface area (Å²) in [6.45, 7) is 2.50. The van der Waals surface area contributed by atoms with E-state index >= 15 is 0 Å². The molecule has 1 fully saturated rings. The van der Waals surface area contributed by atoms with Crippen LogP contribution in [0.1, 0.15) is 18.5 Å². The van der Waals surface area contributed by atoms with E-state index in [1.807, 2.05) is 12.1 Å². The Balaban J connectivity index is 1.75. The molecule has 0 amide bonds. The van der Waals surface area contributed by atoms with Gasteiger partial charge in [0.2, 0.25) is 0 Å². The number of pyridine rings is 1. The highest BCUT2D eigenvalue weighted by atomic mass is 16.5. The molecule has 1 aromatic rings. The van der Waals surface area contributed by atoms with E-state index in [1.165, 1.54) is 6.42 Å². The molecular formula is C11H17N3O. The number of anilines is 1. The fourth-order valence-corrected chi connectivity index (χ4v) is 1.76. The Hall–Kier alpha value is -1.13. The fraction of sp³-hybridized carbons (Fsp3) is 0.545. The second-order valence-corrected chi connectivity index (χ2v) is 3.81. The molecule has 0 aliphatic carbocycles. The largest absolute Gasteiger partial charge is 0.397 e. The highest BCUT2D eigenvalue weighted by Crippen LogP contribution is 2.11. The zero-order valence-electron chi connectivity index (χ0n) is 8.78. The molecule has 4 nitrogen and oxygen atoms in total. The van der Waals surface area contributed by atoms with E-state index in [-0.39, 0.29) is 0 Å². The summed E-state index contributed by atoms with van der Waals surface area (Å²) in [7, 11) is 0. The molecule has 1 aliphatic heterocycles. The van der Waals surface area contributed by atoms with Crippen molar-refractivity contribution < 1.29 is 4.74 Å². The van der Waals surface area contributed by atoms with Gasteiger partial charge in [0.15, 0.2) is 0 Å². The van der Waals surface area contributed by atoms with Crippen molar-refractivity contribution >= 4 is 5.69 Å². The van der Waals surface area contributed by atoms with Crippen LogP contribution in [0.5, 0.6) is 0 Å². The van der Waals surface area contributed by atoms with Gasteiger partial charge in [0.1, 0.15) is 0 Å². The average molecular weight is 207 g/mol. The summed E-state index contributed by atoms with van der Waals surface area (Å²) in [5.74, 6) is 0. The Kier molecular flexibility index (Phi) is 3.53. The van der Waals surface area contributed by atoms with Crippen LogP contribution in [0.15, 0.2) is 18.3 Å². The number of rotatable bonds is 4. The molecule has 1 saturated heterocycles. The lowest BCUT2D eigenvalue weighted by atomic mass is 10.2. The highest BCUT2D eigenvalue weighted by Gasteiger charge is 2.14. The molecule has 0 saturated carbocycles. The minimum absolute atomic E-state index is 0.370. The number of nitrogens with two attached hydrogens (primary N) is 1. The maximum Gasteiger partial charge on any atom is 0.0770 e. The van der Waals surface area contributed by atoms with Crippen LogP contribution in [-0.4, -0.2) is 24.2 Å². The molecule has 0 aromatic carbocycles. The van der Waals surface area contributed by atoms with Crippen molar-refractivity contribution in [3.05, 3.63) is 24.0 Å². The number of ether oxygens (including phenoxy) is 1. The van der Waals surface area contributed by atoms with Crippen LogP contribution in [0.3, 0.4) is 0 Å². The average Bonchev–Trinajstić information content (AvgIpc) is 2.74. The summed E-state index contributed by atoms with van der Waals surface area (Å²) in [5.41, 5.74) is 7.44. The first kappa shape index (κ1) is 10.4. The molecule has 1 aliphatic rings. The smallest absolute Gasteiger partial charge is 0.0770 e. The molecule has 2 rings (SSSR count). The Morgan fingerprint density at radius 1 is 1.60 bits per heavy atom. The van der Waals surface area contributed by atoms with Crippen molar-refractivity contribution in [1.82, 2.24) is 10.3 Å². The van der Waals surface area contributed by atoms with Crippen molar-refractivity contribution in [2.24, 2.45) is 0 Å². The maximum atomic E-state index is 5.78. The Morgan fingerprint density at radius 3 is 3.27 bits per heavy atom. The summed E-state index contributed by atoms with van der Waals surface area (Å²) < 4.78 is 5.51. The van der Waals surface area contributed by atoms with Gasteiger partial charge in [0.05, 0.1) is 17.5 Å². The minimum Gasteiger partial charge on any atom is -0.397 e. The van der Waals surface area contributed by atoms with E-state index < -0.39 is 0 Å². The normalized spacial score (nSPS) is 20.7. The summed E-state index contributed by atoms with van der Waals surface area (Å²) >= 11 is 0. The van der Waals surface area contributed by atoms with E-state index in [9.17, 15) is 0 Å². The van der Waals surface area contributed by atoms with Gasteiger partial charge in [-0.1, -0.05) is 0 Å². The monoisotopic (exact) mass is 207 g/mol. The van der Waals surface area contributed by atoms with Gasteiger partial charge in [-0.25, -0.2) is 0 Å². The fourth-order valence-electron chi connectivity index (χ4n) is 1.76. The topological polar surface area (TPSA) is 60.2 Å². The Bertz CT molecular complexity index is 310. The van der Waals surface area contributed by atoms with Gasteiger partial charge in [-0.15, -0.1) is 0 Å².